The van der Waals surface area contributed by atoms with Crippen LogP contribution in [-0.2, 0) is 6.54 Å². The Morgan fingerprint density at radius 3 is 3.14 bits per heavy atom. The standard InChI is InChI=1S/C16H18BrN3O/c1-12-14(17)5-6-15-16(12)18-11-20(15)9-3-8-19-7-2-4-13(21)10-19/h5-6,11,13,21H,2,4,7,9-10H2,1H3. The molecule has 1 aliphatic rings. The number of hydrogen-bond acceptors (Lipinski definition) is 3. The molecule has 0 aliphatic carbocycles. The molecule has 1 aliphatic heterocycles. The van der Waals surface area contributed by atoms with Crippen molar-refractivity contribution in [2.75, 3.05) is 13.1 Å². The first kappa shape index (κ1) is 14.4. The first-order valence-corrected chi connectivity index (χ1v) is 7.96. The summed E-state index contributed by atoms with van der Waals surface area (Å²) in [6.45, 7) is 4.28. The second-order valence-corrected chi connectivity index (χ2v) is 6.30. The highest BCUT2D eigenvalue weighted by atomic mass is 79.9. The summed E-state index contributed by atoms with van der Waals surface area (Å²) in [5, 5.41) is 9.63. The van der Waals surface area contributed by atoms with Gasteiger partial charge in [0.05, 0.1) is 36.6 Å². The van der Waals surface area contributed by atoms with E-state index in [4.69, 9.17) is 0 Å². The van der Waals surface area contributed by atoms with Crippen LogP contribution in [0.1, 0.15) is 18.4 Å². The van der Waals surface area contributed by atoms with Gasteiger partial charge in [-0.2, -0.15) is 0 Å². The van der Waals surface area contributed by atoms with E-state index in [-0.39, 0.29) is 6.10 Å². The van der Waals surface area contributed by atoms with Crippen molar-refractivity contribution < 1.29 is 5.11 Å². The van der Waals surface area contributed by atoms with Gasteiger partial charge in [-0.1, -0.05) is 21.9 Å². The number of rotatable bonds is 1. The zero-order chi connectivity index (χ0) is 14.8. The average Bonchev–Trinajstić information content (AvgIpc) is 2.87. The van der Waals surface area contributed by atoms with E-state index >= 15 is 0 Å². The summed E-state index contributed by atoms with van der Waals surface area (Å²) in [6, 6.07) is 7.25. The molecule has 0 radical (unpaired) electrons. The summed E-state index contributed by atoms with van der Waals surface area (Å²) in [5.74, 6) is 3.18. The lowest BCUT2D eigenvalue weighted by atomic mass is 10.1. The first-order chi connectivity index (χ1) is 10.1. The molecule has 1 aromatic carbocycles. The van der Waals surface area contributed by atoms with Crippen molar-refractivity contribution in [3.8, 4) is 12.0 Å². The number of aryl methyl sites for hydroxylation is 1. The number of piperidine rings is 1. The number of aliphatic hydroxyl groups is 1. The predicted octanol–water partition coefficient (Wildman–Crippen LogP) is 2.52. The molecular weight excluding hydrogens is 330 g/mol. The van der Waals surface area contributed by atoms with Gasteiger partial charge in [-0.3, -0.25) is 0 Å². The number of likely N-dealkylation sites (tertiary alicyclic amines) is 1. The molecule has 1 aromatic heterocycles. The van der Waals surface area contributed by atoms with Gasteiger partial charge in [0.1, 0.15) is 0 Å². The van der Waals surface area contributed by atoms with Gasteiger partial charge in [0.2, 0.25) is 0 Å². The summed E-state index contributed by atoms with van der Waals surface area (Å²) >= 11 is 3.53. The second kappa shape index (κ2) is 6.08. The van der Waals surface area contributed by atoms with Crippen LogP contribution in [0, 0.1) is 18.9 Å². The Balaban J connectivity index is 1.76. The number of aliphatic hydroxyl groups excluding tert-OH is 1. The van der Waals surface area contributed by atoms with Crippen LogP contribution in [0.4, 0.5) is 0 Å². The third kappa shape index (κ3) is 3.07. The number of aromatic nitrogens is 2. The van der Waals surface area contributed by atoms with Crippen molar-refractivity contribution in [2.24, 2.45) is 0 Å². The molecule has 1 atom stereocenters. The Morgan fingerprint density at radius 1 is 1.48 bits per heavy atom. The highest BCUT2D eigenvalue weighted by molar-refractivity contribution is 9.10. The molecule has 5 heteroatoms. The molecule has 3 rings (SSSR count). The van der Waals surface area contributed by atoms with Crippen molar-refractivity contribution in [3.63, 3.8) is 0 Å². The maximum atomic E-state index is 9.63. The molecule has 4 nitrogen and oxygen atoms in total. The summed E-state index contributed by atoms with van der Waals surface area (Å²) in [4.78, 5) is 6.48. The zero-order valence-corrected chi connectivity index (χ0v) is 13.6. The molecule has 1 unspecified atom stereocenters. The van der Waals surface area contributed by atoms with Gasteiger partial charge in [0.25, 0.3) is 0 Å². The smallest absolute Gasteiger partial charge is 0.0967 e. The number of halogens is 1. The van der Waals surface area contributed by atoms with Gasteiger partial charge in [-0.25, -0.2) is 4.98 Å². The SMILES string of the molecule is Cc1c(Br)ccc2c1ncn2CC#CN1CCCC(O)C1. The Bertz CT molecular complexity index is 713. The van der Waals surface area contributed by atoms with Crippen LogP contribution in [0.3, 0.4) is 0 Å². The van der Waals surface area contributed by atoms with E-state index in [2.05, 4.69) is 50.4 Å². The van der Waals surface area contributed by atoms with E-state index in [1.54, 1.807) is 0 Å². The number of nitrogens with zero attached hydrogens (tertiary/aromatic N) is 3. The number of benzene rings is 1. The van der Waals surface area contributed by atoms with Crippen molar-refractivity contribution in [2.45, 2.75) is 32.4 Å². The van der Waals surface area contributed by atoms with Gasteiger partial charge in [-0.15, -0.1) is 0 Å². The van der Waals surface area contributed by atoms with Gasteiger partial charge < -0.3 is 14.6 Å². The molecule has 0 saturated carbocycles. The van der Waals surface area contributed by atoms with E-state index in [0.717, 1.165) is 40.5 Å². The van der Waals surface area contributed by atoms with E-state index in [0.29, 0.717) is 13.1 Å². The molecule has 1 fully saturated rings. The lowest BCUT2D eigenvalue weighted by Gasteiger charge is -2.26. The fourth-order valence-corrected chi connectivity index (χ4v) is 2.98. The normalized spacial score (nSPS) is 18.6. The monoisotopic (exact) mass is 347 g/mol. The molecule has 1 saturated heterocycles. The Kier molecular flexibility index (Phi) is 4.18. The van der Waals surface area contributed by atoms with Gasteiger partial charge in [-0.05, 0) is 37.5 Å². The molecule has 0 spiro atoms. The van der Waals surface area contributed by atoms with Gasteiger partial charge >= 0.3 is 0 Å². The maximum Gasteiger partial charge on any atom is 0.0967 e. The van der Waals surface area contributed by atoms with Gasteiger partial charge in [0, 0.05) is 17.1 Å². The largest absolute Gasteiger partial charge is 0.391 e. The van der Waals surface area contributed by atoms with E-state index in [1.165, 1.54) is 0 Å². The zero-order valence-electron chi connectivity index (χ0n) is 12.0. The van der Waals surface area contributed by atoms with Crippen LogP contribution >= 0.6 is 15.9 Å². The summed E-state index contributed by atoms with van der Waals surface area (Å²) in [6.07, 6.45) is 3.50. The molecule has 1 N–H and O–H groups in total. The van der Waals surface area contributed by atoms with Crippen molar-refractivity contribution in [3.05, 3.63) is 28.5 Å². The molecule has 110 valence electrons. The molecule has 0 amide bonds. The lowest BCUT2D eigenvalue weighted by molar-refractivity contribution is 0.0986. The topological polar surface area (TPSA) is 41.3 Å². The fraction of sp³-hybridized carbons (Fsp3) is 0.438. The summed E-state index contributed by atoms with van der Waals surface area (Å²) < 4.78 is 3.14. The fourth-order valence-electron chi connectivity index (χ4n) is 2.66. The van der Waals surface area contributed by atoms with Crippen LogP contribution in [0.25, 0.3) is 11.0 Å². The Hall–Kier alpha value is -1.51. The van der Waals surface area contributed by atoms with Crippen LogP contribution in [0.15, 0.2) is 22.9 Å². The number of β-amino-alcohol motifs (C(OH)–C–C–N with tert-alkyl or cyclic N) is 1. The van der Waals surface area contributed by atoms with Crippen LogP contribution in [0.2, 0.25) is 0 Å². The minimum absolute atomic E-state index is 0.234. The Morgan fingerprint density at radius 2 is 2.33 bits per heavy atom. The molecule has 21 heavy (non-hydrogen) atoms. The molecular formula is C16H18BrN3O. The van der Waals surface area contributed by atoms with Gasteiger partial charge in [0.15, 0.2) is 0 Å². The number of hydrogen-bond donors (Lipinski definition) is 1. The van der Waals surface area contributed by atoms with Crippen molar-refractivity contribution >= 4 is 27.0 Å². The van der Waals surface area contributed by atoms with E-state index in [1.807, 2.05) is 17.3 Å². The minimum Gasteiger partial charge on any atom is -0.391 e. The molecule has 2 aromatic rings. The van der Waals surface area contributed by atoms with Crippen molar-refractivity contribution in [1.29, 1.82) is 0 Å². The summed E-state index contributed by atoms with van der Waals surface area (Å²) in [5.41, 5.74) is 3.27. The maximum absolute atomic E-state index is 9.63. The van der Waals surface area contributed by atoms with E-state index in [9.17, 15) is 5.11 Å². The average molecular weight is 348 g/mol. The quantitative estimate of drug-likeness (QED) is 0.806. The lowest BCUT2D eigenvalue weighted by Crippen LogP contribution is -2.34. The third-order valence-electron chi connectivity index (χ3n) is 3.86. The first-order valence-electron chi connectivity index (χ1n) is 7.16. The minimum atomic E-state index is -0.234. The number of fused-ring (bicyclic) bond motifs is 1. The van der Waals surface area contributed by atoms with Crippen LogP contribution in [0.5, 0.6) is 0 Å². The highest BCUT2D eigenvalue weighted by Crippen LogP contribution is 2.24. The second-order valence-electron chi connectivity index (χ2n) is 5.44. The van der Waals surface area contributed by atoms with Crippen LogP contribution in [-0.4, -0.2) is 38.8 Å². The van der Waals surface area contributed by atoms with Crippen LogP contribution < -0.4 is 0 Å². The van der Waals surface area contributed by atoms with E-state index < -0.39 is 0 Å². The number of imidazole rings is 1. The third-order valence-corrected chi connectivity index (χ3v) is 4.72. The Labute approximate surface area is 132 Å². The highest BCUT2D eigenvalue weighted by Gasteiger charge is 2.14. The molecule has 2 heterocycles. The predicted molar refractivity (Wildman–Crippen MR) is 86.8 cm³/mol. The summed E-state index contributed by atoms with van der Waals surface area (Å²) in [7, 11) is 0. The molecule has 0 bridgehead atoms. The van der Waals surface area contributed by atoms with Crippen molar-refractivity contribution in [1.82, 2.24) is 14.5 Å².